The third-order valence-electron chi connectivity index (χ3n) is 5.08. The molecule has 0 spiro atoms. The number of methoxy groups -OCH3 is 1. The third-order valence-corrected chi connectivity index (χ3v) is 5.08. The molecule has 0 unspecified atom stereocenters. The van der Waals surface area contributed by atoms with Gasteiger partial charge in [-0.3, -0.25) is 0 Å². The first kappa shape index (κ1) is 21.7. The Morgan fingerprint density at radius 3 is 1.97 bits per heavy atom. The van der Waals surface area contributed by atoms with E-state index in [0.29, 0.717) is 6.07 Å². The van der Waals surface area contributed by atoms with Gasteiger partial charge in [0.25, 0.3) is 0 Å². The van der Waals surface area contributed by atoms with Gasteiger partial charge in [-0.15, -0.1) is 0 Å². The summed E-state index contributed by atoms with van der Waals surface area (Å²) in [7, 11) is 1.35. The molecule has 0 atom stereocenters. The zero-order valence-corrected chi connectivity index (χ0v) is 16.3. The van der Waals surface area contributed by atoms with E-state index in [9.17, 15) is 30.7 Å². The van der Waals surface area contributed by atoms with Crippen LogP contribution in [0.4, 0.5) is 30.7 Å². The van der Waals surface area contributed by atoms with Gasteiger partial charge >= 0.3 is 6.18 Å². The zero-order chi connectivity index (χ0) is 23.2. The maximum atomic E-state index is 14.8. The van der Waals surface area contributed by atoms with Crippen LogP contribution in [0.2, 0.25) is 0 Å². The van der Waals surface area contributed by atoms with E-state index in [2.05, 4.69) is 0 Å². The molecule has 0 saturated heterocycles. The van der Waals surface area contributed by atoms with Crippen LogP contribution >= 0.6 is 0 Å². The number of ether oxygens (including phenoxy) is 1. The maximum Gasteiger partial charge on any atom is 0.419 e. The average molecular weight is 450 g/mol. The monoisotopic (exact) mass is 450 g/mol. The Kier molecular flexibility index (Phi) is 5.32. The Morgan fingerprint density at radius 2 is 1.38 bits per heavy atom. The molecule has 0 aliphatic heterocycles. The number of hydrogen-bond acceptors (Lipinski definition) is 1. The molecule has 0 heterocycles. The van der Waals surface area contributed by atoms with Gasteiger partial charge in [0.2, 0.25) is 0 Å². The first-order chi connectivity index (χ1) is 15.1. The van der Waals surface area contributed by atoms with E-state index < -0.39 is 40.6 Å². The molecule has 1 nitrogen and oxygen atoms in total. The van der Waals surface area contributed by atoms with E-state index in [1.165, 1.54) is 25.3 Å². The molecule has 8 heteroatoms. The number of alkyl halides is 3. The minimum absolute atomic E-state index is 0.00610. The van der Waals surface area contributed by atoms with Crippen molar-refractivity contribution in [1.29, 1.82) is 0 Å². The summed E-state index contributed by atoms with van der Waals surface area (Å²) in [4.78, 5) is 0. The fourth-order valence-electron chi connectivity index (χ4n) is 3.53. The Labute approximate surface area is 177 Å². The number of rotatable bonds is 3. The number of fused-ring (bicyclic) bond motifs is 1. The van der Waals surface area contributed by atoms with Gasteiger partial charge in [0.1, 0.15) is 29.0 Å². The van der Waals surface area contributed by atoms with Crippen LogP contribution in [0.15, 0.2) is 60.7 Å². The van der Waals surface area contributed by atoms with Gasteiger partial charge in [-0.25, -0.2) is 17.6 Å². The first-order valence-electron chi connectivity index (χ1n) is 9.23. The predicted molar refractivity (Wildman–Crippen MR) is 106 cm³/mol. The lowest BCUT2D eigenvalue weighted by atomic mass is 9.96. The van der Waals surface area contributed by atoms with E-state index >= 15 is 0 Å². The van der Waals surface area contributed by atoms with Crippen LogP contribution in [0.3, 0.4) is 0 Å². The standard InChI is InChI=1S/C24H13F7O/c1-32-15-4-6-16(19(25)11-15)14-9-20(26)22(21(27)10-14)13-2-5-17-12(8-13)3-7-18(23(17)28)24(29,30)31/h2-11H,1H3. The molecule has 0 bridgehead atoms. The molecule has 4 aromatic carbocycles. The van der Waals surface area contributed by atoms with Crippen molar-refractivity contribution in [3.8, 4) is 28.0 Å². The summed E-state index contributed by atoms with van der Waals surface area (Å²) in [6.45, 7) is 0. The van der Waals surface area contributed by atoms with Crippen LogP contribution in [0.5, 0.6) is 5.75 Å². The predicted octanol–water partition coefficient (Wildman–Crippen LogP) is 7.76. The lowest BCUT2D eigenvalue weighted by Crippen LogP contribution is -2.08. The third kappa shape index (κ3) is 3.77. The van der Waals surface area contributed by atoms with Crippen molar-refractivity contribution in [3.05, 3.63) is 89.5 Å². The Balaban J connectivity index is 1.80. The molecule has 0 aliphatic rings. The van der Waals surface area contributed by atoms with Crippen LogP contribution in [0.25, 0.3) is 33.0 Å². The number of hydrogen-bond donors (Lipinski definition) is 0. The molecular formula is C24H13F7O. The summed E-state index contributed by atoms with van der Waals surface area (Å²) in [6.07, 6.45) is -4.87. The highest BCUT2D eigenvalue weighted by Crippen LogP contribution is 2.37. The minimum atomic E-state index is -4.87. The fourth-order valence-corrected chi connectivity index (χ4v) is 3.53. The topological polar surface area (TPSA) is 9.23 Å². The Hall–Kier alpha value is -3.55. The van der Waals surface area contributed by atoms with Crippen LogP contribution < -0.4 is 4.74 Å². The molecule has 0 N–H and O–H groups in total. The minimum Gasteiger partial charge on any atom is -0.497 e. The molecule has 0 aromatic heterocycles. The molecule has 0 saturated carbocycles. The normalized spacial score (nSPS) is 11.8. The summed E-state index contributed by atoms with van der Waals surface area (Å²) in [5.41, 5.74) is -2.00. The maximum absolute atomic E-state index is 14.8. The van der Waals surface area contributed by atoms with Gasteiger partial charge < -0.3 is 4.74 Å². The summed E-state index contributed by atoms with van der Waals surface area (Å²) in [5, 5.41) is -0.293. The molecule has 0 radical (unpaired) electrons. The molecule has 0 fully saturated rings. The Bertz CT molecular complexity index is 1320. The number of benzene rings is 4. The lowest BCUT2D eigenvalue weighted by Gasteiger charge is -2.13. The second-order valence-electron chi connectivity index (χ2n) is 7.02. The molecular weight excluding hydrogens is 437 g/mol. The van der Waals surface area contributed by atoms with Crippen molar-refractivity contribution in [2.45, 2.75) is 6.18 Å². The van der Waals surface area contributed by atoms with E-state index in [1.54, 1.807) is 0 Å². The molecule has 4 aromatic rings. The highest BCUT2D eigenvalue weighted by molar-refractivity contribution is 5.89. The van der Waals surface area contributed by atoms with Crippen molar-refractivity contribution in [3.63, 3.8) is 0 Å². The van der Waals surface area contributed by atoms with Crippen LogP contribution in [0, 0.1) is 23.3 Å². The van der Waals surface area contributed by atoms with Crippen LogP contribution in [-0.2, 0) is 6.18 Å². The van der Waals surface area contributed by atoms with Gasteiger partial charge in [-0.1, -0.05) is 18.2 Å². The summed E-state index contributed by atoms with van der Waals surface area (Å²) in [5.74, 6) is -3.99. The van der Waals surface area contributed by atoms with Gasteiger partial charge in [0.15, 0.2) is 0 Å². The smallest absolute Gasteiger partial charge is 0.419 e. The van der Waals surface area contributed by atoms with Gasteiger partial charge in [0, 0.05) is 17.0 Å². The van der Waals surface area contributed by atoms with Crippen LogP contribution in [-0.4, -0.2) is 7.11 Å². The van der Waals surface area contributed by atoms with Crippen molar-refractivity contribution in [2.24, 2.45) is 0 Å². The molecule has 4 rings (SSSR count). The highest BCUT2D eigenvalue weighted by atomic mass is 19.4. The molecule has 164 valence electrons. The second-order valence-corrected chi connectivity index (χ2v) is 7.02. The molecule has 0 amide bonds. The molecule has 0 aliphatic carbocycles. The van der Waals surface area contributed by atoms with E-state index in [4.69, 9.17) is 4.74 Å². The fraction of sp³-hybridized carbons (Fsp3) is 0.0833. The van der Waals surface area contributed by atoms with Crippen LogP contribution in [0.1, 0.15) is 5.56 Å². The highest BCUT2D eigenvalue weighted by Gasteiger charge is 2.34. The molecule has 32 heavy (non-hydrogen) atoms. The van der Waals surface area contributed by atoms with Crippen molar-refractivity contribution in [1.82, 2.24) is 0 Å². The summed E-state index contributed by atoms with van der Waals surface area (Å²) < 4.78 is 102. The average Bonchev–Trinajstić information content (AvgIpc) is 2.72. The first-order valence-corrected chi connectivity index (χ1v) is 9.23. The van der Waals surface area contributed by atoms with Gasteiger partial charge in [0.05, 0.1) is 18.2 Å². The Morgan fingerprint density at radius 1 is 0.688 bits per heavy atom. The van der Waals surface area contributed by atoms with E-state index in [-0.39, 0.29) is 33.2 Å². The van der Waals surface area contributed by atoms with Crippen molar-refractivity contribution >= 4 is 10.8 Å². The van der Waals surface area contributed by atoms with Crippen molar-refractivity contribution in [2.75, 3.05) is 7.11 Å². The zero-order valence-electron chi connectivity index (χ0n) is 16.3. The summed E-state index contributed by atoms with van der Waals surface area (Å²) in [6, 6.07) is 10.7. The lowest BCUT2D eigenvalue weighted by molar-refractivity contribution is -0.139. The van der Waals surface area contributed by atoms with E-state index in [0.717, 1.165) is 36.4 Å². The second kappa shape index (κ2) is 7.85. The van der Waals surface area contributed by atoms with E-state index in [1.807, 2.05) is 0 Å². The number of halogens is 7. The summed E-state index contributed by atoms with van der Waals surface area (Å²) >= 11 is 0. The SMILES string of the molecule is COc1ccc(-c2cc(F)c(-c3ccc4c(F)c(C(F)(F)F)ccc4c3)c(F)c2)c(F)c1. The van der Waals surface area contributed by atoms with Gasteiger partial charge in [-0.2, -0.15) is 13.2 Å². The van der Waals surface area contributed by atoms with Crippen molar-refractivity contribution < 1.29 is 35.5 Å². The quantitative estimate of drug-likeness (QED) is 0.290. The largest absolute Gasteiger partial charge is 0.497 e. The van der Waals surface area contributed by atoms with Gasteiger partial charge in [-0.05, 0) is 52.9 Å².